The van der Waals surface area contributed by atoms with Gasteiger partial charge in [0.05, 0.1) is 17.6 Å². The predicted molar refractivity (Wildman–Crippen MR) is 98.8 cm³/mol. The van der Waals surface area contributed by atoms with Gasteiger partial charge in [-0.3, -0.25) is 4.31 Å². The summed E-state index contributed by atoms with van der Waals surface area (Å²) in [5, 5.41) is 2.79. The number of anilines is 1. The topological polar surface area (TPSA) is 50.3 Å². The van der Waals surface area contributed by atoms with Crippen LogP contribution >= 0.6 is 11.3 Å². The summed E-state index contributed by atoms with van der Waals surface area (Å²) in [6, 6.07) is 12.0. The average Bonchev–Trinajstić information content (AvgIpc) is 3.21. The second kappa shape index (κ2) is 5.93. The van der Waals surface area contributed by atoms with Crippen LogP contribution in [0.5, 0.6) is 0 Å². The van der Waals surface area contributed by atoms with Crippen molar-refractivity contribution in [2.24, 2.45) is 0 Å². The van der Waals surface area contributed by atoms with E-state index in [2.05, 4.69) is 4.98 Å². The standard InChI is InChI=1S/C18H15FN2O2S2/c1-25(22,23)21-9-8-14-10-13(4-7-17(14)21)16-11-24-18(20-16)12-2-5-15(19)6-3-12/h2-7,10-11H,8-9H2,1H3. The normalized spacial score (nSPS) is 13.9. The number of nitrogens with zero attached hydrogens (tertiary/aromatic N) is 2. The van der Waals surface area contributed by atoms with Crippen molar-refractivity contribution in [2.45, 2.75) is 6.42 Å². The van der Waals surface area contributed by atoms with Crippen LogP contribution in [0.25, 0.3) is 21.8 Å². The summed E-state index contributed by atoms with van der Waals surface area (Å²) in [5.74, 6) is -0.269. The van der Waals surface area contributed by atoms with Gasteiger partial charge >= 0.3 is 0 Å². The molecule has 128 valence electrons. The van der Waals surface area contributed by atoms with E-state index in [1.165, 1.54) is 34.0 Å². The van der Waals surface area contributed by atoms with E-state index >= 15 is 0 Å². The van der Waals surface area contributed by atoms with E-state index in [0.717, 1.165) is 33.1 Å². The lowest BCUT2D eigenvalue weighted by Crippen LogP contribution is -2.27. The molecule has 0 N–H and O–H groups in total. The Labute approximate surface area is 149 Å². The zero-order valence-corrected chi connectivity index (χ0v) is 15.1. The lowest BCUT2D eigenvalue weighted by molar-refractivity contribution is 0.598. The number of hydrogen-bond donors (Lipinski definition) is 0. The summed E-state index contributed by atoms with van der Waals surface area (Å²) in [6.07, 6.45) is 1.93. The Bertz CT molecular complexity index is 1040. The van der Waals surface area contributed by atoms with E-state index in [1.54, 1.807) is 12.1 Å². The molecule has 0 fully saturated rings. The molecule has 0 amide bonds. The van der Waals surface area contributed by atoms with E-state index in [4.69, 9.17) is 0 Å². The van der Waals surface area contributed by atoms with Crippen LogP contribution in [-0.2, 0) is 16.4 Å². The third kappa shape index (κ3) is 3.05. The molecule has 2 heterocycles. The first-order valence-electron chi connectivity index (χ1n) is 7.74. The average molecular weight is 374 g/mol. The maximum atomic E-state index is 13.1. The molecule has 0 saturated carbocycles. The van der Waals surface area contributed by atoms with Gasteiger partial charge in [-0.2, -0.15) is 0 Å². The zero-order valence-electron chi connectivity index (χ0n) is 13.4. The molecule has 4 nitrogen and oxygen atoms in total. The van der Waals surface area contributed by atoms with Crippen LogP contribution in [0.3, 0.4) is 0 Å². The Morgan fingerprint density at radius 3 is 2.56 bits per heavy atom. The van der Waals surface area contributed by atoms with Gasteiger partial charge in [-0.05, 0) is 48.4 Å². The second-order valence-electron chi connectivity index (χ2n) is 5.97. The fourth-order valence-corrected chi connectivity index (χ4v) is 4.80. The lowest BCUT2D eigenvalue weighted by atomic mass is 10.1. The van der Waals surface area contributed by atoms with E-state index in [9.17, 15) is 12.8 Å². The lowest BCUT2D eigenvalue weighted by Gasteiger charge is -2.16. The number of fused-ring (bicyclic) bond motifs is 1. The highest BCUT2D eigenvalue weighted by Crippen LogP contribution is 2.35. The Hall–Kier alpha value is -2.25. The molecule has 0 unspecified atom stereocenters. The first-order valence-corrected chi connectivity index (χ1v) is 10.5. The maximum Gasteiger partial charge on any atom is 0.232 e. The van der Waals surface area contributed by atoms with Crippen LogP contribution in [0.4, 0.5) is 10.1 Å². The summed E-state index contributed by atoms with van der Waals surface area (Å²) >= 11 is 1.50. The molecule has 0 spiro atoms. The Morgan fingerprint density at radius 2 is 1.84 bits per heavy atom. The molecule has 4 rings (SSSR count). The van der Waals surface area contributed by atoms with E-state index in [-0.39, 0.29) is 5.82 Å². The molecule has 7 heteroatoms. The monoisotopic (exact) mass is 374 g/mol. The molecule has 3 aromatic rings. The fraction of sp³-hybridized carbons (Fsp3) is 0.167. The third-order valence-electron chi connectivity index (χ3n) is 4.22. The Balaban J connectivity index is 1.67. The van der Waals surface area contributed by atoms with Gasteiger partial charge in [0, 0.05) is 23.1 Å². The number of halogens is 1. The molecule has 0 bridgehead atoms. The first-order chi connectivity index (χ1) is 11.9. The minimum Gasteiger partial charge on any atom is -0.270 e. The summed E-state index contributed by atoms with van der Waals surface area (Å²) in [5.41, 5.74) is 4.44. The largest absolute Gasteiger partial charge is 0.270 e. The zero-order chi connectivity index (χ0) is 17.6. The van der Waals surface area contributed by atoms with Gasteiger partial charge in [0.25, 0.3) is 0 Å². The first kappa shape index (κ1) is 16.2. The molecular weight excluding hydrogens is 359 g/mol. The molecule has 2 aromatic carbocycles. The quantitative estimate of drug-likeness (QED) is 0.698. The number of benzene rings is 2. The molecule has 25 heavy (non-hydrogen) atoms. The van der Waals surface area contributed by atoms with Crippen molar-refractivity contribution in [1.82, 2.24) is 4.98 Å². The molecule has 0 atom stereocenters. The van der Waals surface area contributed by atoms with Gasteiger partial charge in [0.1, 0.15) is 10.8 Å². The van der Waals surface area contributed by atoms with Gasteiger partial charge in [-0.15, -0.1) is 11.3 Å². The number of thiazole rings is 1. The molecule has 0 radical (unpaired) electrons. The van der Waals surface area contributed by atoms with Crippen LogP contribution < -0.4 is 4.31 Å². The number of sulfonamides is 1. The van der Waals surface area contributed by atoms with Crippen molar-refractivity contribution in [3.05, 3.63) is 59.2 Å². The summed E-state index contributed by atoms with van der Waals surface area (Å²) in [4.78, 5) is 4.64. The Morgan fingerprint density at radius 1 is 1.12 bits per heavy atom. The van der Waals surface area contributed by atoms with Crippen LogP contribution in [0.1, 0.15) is 5.56 Å². The van der Waals surface area contributed by atoms with E-state index in [0.29, 0.717) is 13.0 Å². The predicted octanol–water partition coefficient (Wildman–Crippen LogP) is 3.94. The van der Waals surface area contributed by atoms with Crippen LogP contribution in [-0.4, -0.2) is 26.2 Å². The van der Waals surface area contributed by atoms with Gasteiger partial charge in [0.15, 0.2) is 0 Å². The molecule has 0 aliphatic carbocycles. The van der Waals surface area contributed by atoms with Crippen molar-refractivity contribution < 1.29 is 12.8 Å². The summed E-state index contributed by atoms with van der Waals surface area (Å²) < 4.78 is 38.1. The summed E-state index contributed by atoms with van der Waals surface area (Å²) in [7, 11) is -3.24. The fourth-order valence-electron chi connectivity index (χ4n) is 3.01. The van der Waals surface area contributed by atoms with Gasteiger partial charge < -0.3 is 0 Å². The molecule has 1 aromatic heterocycles. The second-order valence-corrected chi connectivity index (χ2v) is 8.74. The van der Waals surface area contributed by atoms with Crippen LogP contribution in [0.15, 0.2) is 47.8 Å². The Kier molecular flexibility index (Phi) is 3.85. The number of rotatable bonds is 3. The maximum absolute atomic E-state index is 13.1. The smallest absolute Gasteiger partial charge is 0.232 e. The van der Waals surface area contributed by atoms with Crippen molar-refractivity contribution >= 4 is 27.0 Å². The van der Waals surface area contributed by atoms with E-state index < -0.39 is 10.0 Å². The molecule has 1 aliphatic heterocycles. The third-order valence-corrected chi connectivity index (χ3v) is 6.30. The van der Waals surface area contributed by atoms with Crippen molar-refractivity contribution in [1.29, 1.82) is 0 Å². The van der Waals surface area contributed by atoms with Gasteiger partial charge in [-0.1, -0.05) is 6.07 Å². The minimum absolute atomic E-state index is 0.269. The van der Waals surface area contributed by atoms with Crippen LogP contribution in [0, 0.1) is 5.82 Å². The van der Waals surface area contributed by atoms with Crippen molar-refractivity contribution in [3.63, 3.8) is 0 Å². The molecular formula is C18H15FN2O2S2. The van der Waals surface area contributed by atoms with Crippen molar-refractivity contribution in [2.75, 3.05) is 17.1 Å². The minimum atomic E-state index is -3.24. The van der Waals surface area contributed by atoms with Gasteiger partial charge in [0.2, 0.25) is 10.0 Å². The van der Waals surface area contributed by atoms with E-state index in [1.807, 2.05) is 23.6 Å². The highest BCUT2D eigenvalue weighted by Gasteiger charge is 2.26. The SMILES string of the molecule is CS(=O)(=O)N1CCc2cc(-c3csc(-c4ccc(F)cc4)n3)ccc21. The van der Waals surface area contributed by atoms with Gasteiger partial charge in [-0.25, -0.2) is 17.8 Å². The summed E-state index contributed by atoms with van der Waals surface area (Å²) in [6.45, 7) is 0.482. The van der Waals surface area contributed by atoms with Crippen molar-refractivity contribution in [3.8, 4) is 21.8 Å². The number of aromatic nitrogens is 1. The van der Waals surface area contributed by atoms with Crippen LogP contribution in [0.2, 0.25) is 0 Å². The number of hydrogen-bond acceptors (Lipinski definition) is 4. The molecule has 1 aliphatic rings. The highest BCUT2D eigenvalue weighted by molar-refractivity contribution is 7.92. The molecule has 0 saturated heterocycles. The highest BCUT2D eigenvalue weighted by atomic mass is 32.2.